The molecule has 0 atom stereocenters. The van der Waals surface area contributed by atoms with Gasteiger partial charge in [-0.2, -0.15) is 13.2 Å². The zero-order valence-electron chi connectivity index (χ0n) is 13.1. The number of aromatic nitrogens is 2. The molecule has 0 aliphatic rings. The second-order valence-corrected chi connectivity index (χ2v) is 5.24. The van der Waals surface area contributed by atoms with Gasteiger partial charge in [-0.3, -0.25) is 9.59 Å². The molecule has 10 heteroatoms. The summed E-state index contributed by atoms with van der Waals surface area (Å²) >= 11 is 5.84. The zero-order valence-corrected chi connectivity index (χ0v) is 13.9. The Balaban J connectivity index is 2.34. The number of rotatable bonds is 2. The van der Waals surface area contributed by atoms with Gasteiger partial charge in [0.25, 0.3) is 0 Å². The van der Waals surface area contributed by atoms with Crippen LogP contribution >= 0.6 is 11.6 Å². The topological polar surface area (TPSA) is 84.0 Å². The summed E-state index contributed by atoms with van der Waals surface area (Å²) in [7, 11) is 0. The Bertz CT molecular complexity index is 920. The van der Waals surface area contributed by atoms with Gasteiger partial charge in [-0.05, 0) is 24.1 Å². The van der Waals surface area contributed by atoms with Crippen molar-refractivity contribution >= 4 is 34.9 Å². The lowest BCUT2D eigenvalue weighted by Gasteiger charge is -2.10. The van der Waals surface area contributed by atoms with Crippen molar-refractivity contribution in [2.75, 3.05) is 10.6 Å². The molecule has 26 heavy (non-hydrogen) atoms. The number of carbonyl (C=O) groups excluding carboxylic acids is 2. The summed E-state index contributed by atoms with van der Waals surface area (Å²) in [5.41, 5.74) is -0.0771. The molecule has 0 saturated heterocycles. The van der Waals surface area contributed by atoms with Crippen LogP contribution in [-0.2, 0) is 9.59 Å². The summed E-state index contributed by atoms with van der Waals surface area (Å²) in [5.74, 6) is 2.95. The van der Waals surface area contributed by atoms with Crippen LogP contribution < -0.4 is 10.6 Å². The van der Waals surface area contributed by atoms with E-state index < -0.39 is 12.1 Å². The molecule has 134 valence electrons. The summed E-state index contributed by atoms with van der Waals surface area (Å²) in [6.07, 6.45) is -2.44. The minimum Gasteiger partial charge on any atom is -0.315 e. The van der Waals surface area contributed by atoms with Gasteiger partial charge in [-0.15, -0.1) is 0 Å². The molecule has 6 nitrogen and oxygen atoms in total. The predicted molar refractivity (Wildman–Crippen MR) is 88.5 cm³/mol. The number of carbonyl (C=O) groups is 2. The highest BCUT2D eigenvalue weighted by Crippen LogP contribution is 2.26. The van der Waals surface area contributed by atoms with E-state index in [2.05, 4.69) is 27.1 Å². The number of alkyl halides is 3. The number of hydrogen-bond donors (Lipinski definition) is 2. The maximum Gasteiger partial charge on any atom is 0.471 e. The Labute approximate surface area is 150 Å². The number of halogens is 4. The minimum absolute atomic E-state index is 0.143. The van der Waals surface area contributed by atoms with E-state index in [1.165, 1.54) is 37.5 Å². The van der Waals surface area contributed by atoms with E-state index in [0.29, 0.717) is 5.56 Å². The van der Waals surface area contributed by atoms with Crippen LogP contribution in [0.15, 0.2) is 30.6 Å². The molecule has 2 aromatic rings. The molecular weight excluding hydrogens is 373 g/mol. The van der Waals surface area contributed by atoms with E-state index in [1.54, 1.807) is 5.32 Å². The largest absolute Gasteiger partial charge is 0.471 e. The second kappa shape index (κ2) is 7.84. The number of nitrogens with zero attached hydrogens (tertiary/aromatic N) is 2. The number of pyridine rings is 2. The Morgan fingerprint density at radius 2 is 1.81 bits per heavy atom. The van der Waals surface area contributed by atoms with Gasteiger partial charge in [0.1, 0.15) is 11.5 Å². The number of hydrogen-bond acceptors (Lipinski definition) is 4. The van der Waals surface area contributed by atoms with E-state index in [9.17, 15) is 22.8 Å². The standard InChI is InChI=1S/C16H10ClF3N4O2/c1-9(25)23-13-8-10(4-6-22-13)2-3-12-14(11(17)5-7-21-12)24-15(26)16(18,19)20/h4-8H,1H3,(H,24,26)(H,22,23,25). The van der Waals surface area contributed by atoms with Crippen molar-refractivity contribution in [3.63, 3.8) is 0 Å². The van der Waals surface area contributed by atoms with Crippen molar-refractivity contribution in [1.82, 2.24) is 9.97 Å². The predicted octanol–water partition coefficient (Wildman–Crippen LogP) is 2.99. The second-order valence-electron chi connectivity index (χ2n) is 4.83. The molecule has 0 radical (unpaired) electrons. The lowest BCUT2D eigenvalue weighted by molar-refractivity contribution is -0.167. The van der Waals surface area contributed by atoms with Crippen molar-refractivity contribution in [1.29, 1.82) is 0 Å². The fraction of sp³-hybridized carbons (Fsp3) is 0.125. The van der Waals surface area contributed by atoms with Gasteiger partial charge in [0.2, 0.25) is 5.91 Å². The van der Waals surface area contributed by atoms with Crippen LogP contribution in [0.5, 0.6) is 0 Å². The fourth-order valence-corrected chi connectivity index (χ4v) is 1.92. The van der Waals surface area contributed by atoms with Crippen LogP contribution in [-0.4, -0.2) is 28.0 Å². The van der Waals surface area contributed by atoms with Crippen molar-refractivity contribution in [3.05, 3.63) is 46.9 Å². The van der Waals surface area contributed by atoms with Crippen LogP contribution in [0.4, 0.5) is 24.7 Å². The summed E-state index contributed by atoms with van der Waals surface area (Å²) in [5, 5.41) is 3.99. The Kier molecular flexibility index (Phi) is 5.79. The molecule has 2 heterocycles. The smallest absolute Gasteiger partial charge is 0.315 e. The van der Waals surface area contributed by atoms with Crippen molar-refractivity contribution < 1.29 is 22.8 Å². The maximum absolute atomic E-state index is 12.4. The summed E-state index contributed by atoms with van der Waals surface area (Å²) in [6.45, 7) is 1.31. The van der Waals surface area contributed by atoms with Crippen LogP contribution in [0.3, 0.4) is 0 Å². The lowest BCUT2D eigenvalue weighted by Crippen LogP contribution is -2.30. The lowest BCUT2D eigenvalue weighted by atomic mass is 10.2. The maximum atomic E-state index is 12.4. The van der Waals surface area contributed by atoms with Gasteiger partial charge in [0, 0.05) is 24.9 Å². The Hall–Kier alpha value is -3.12. The molecule has 2 amide bonds. The highest BCUT2D eigenvalue weighted by Gasteiger charge is 2.39. The first-order valence-corrected chi connectivity index (χ1v) is 7.33. The fourth-order valence-electron chi connectivity index (χ4n) is 1.72. The van der Waals surface area contributed by atoms with Gasteiger partial charge >= 0.3 is 12.1 Å². The van der Waals surface area contributed by atoms with E-state index in [1.807, 2.05) is 0 Å². The third kappa shape index (κ3) is 5.19. The van der Waals surface area contributed by atoms with E-state index in [0.717, 1.165) is 0 Å². The van der Waals surface area contributed by atoms with Gasteiger partial charge in [0.05, 0.1) is 10.7 Å². The summed E-state index contributed by atoms with van der Waals surface area (Å²) in [4.78, 5) is 29.9. The minimum atomic E-state index is -5.08. The van der Waals surface area contributed by atoms with Crippen molar-refractivity contribution in [2.24, 2.45) is 0 Å². The number of nitrogens with one attached hydrogen (secondary N) is 2. The highest BCUT2D eigenvalue weighted by molar-refractivity contribution is 6.34. The summed E-state index contributed by atoms with van der Waals surface area (Å²) in [6, 6.07) is 4.21. The van der Waals surface area contributed by atoms with Gasteiger partial charge in [-0.1, -0.05) is 17.5 Å². The molecule has 0 spiro atoms. The molecule has 0 unspecified atom stereocenters. The molecule has 0 bridgehead atoms. The SMILES string of the molecule is CC(=O)Nc1cc(C#Cc2nccc(Cl)c2NC(=O)C(F)(F)F)ccn1. The monoisotopic (exact) mass is 382 g/mol. The van der Waals surface area contributed by atoms with Crippen molar-refractivity contribution in [3.8, 4) is 11.8 Å². The average Bonchev–Trinajstić information content (AvgIpc) is 2.54. The molecular formula is C16H10ClF3N4O2. The molecule has 0 aliphatic heterocycles. The first-order valence-electron chi connectivity index (χ1n) is 6.95. The van der Waals surface area contributed by atoms with Crippen LogP contribution in [0.1, 0.15) is 18.2 Å². The molecule has 0 aromatic carbocycles. The average molecular weight is 383 g/mol. The van der Waals surface area contributed by atoms with Gasteiger partial charge < -0.3 is 10.6 Å². The van der Waals surface area contributed by atoms with Gasteiger partial charge in [-0.25, -0.2) is 9.97 Å². The first kappa shape index (κ1) is 19.2. The Morgan fingerprint density at radius 3 is 2.46 bits per heavy atom. The zero-order chi connectivity index (χ0) is 19.3. The Morgan fingerprint density at radius 1 is 1.12 bits per heavy atom. The first-order chi connectivity index (χ1) is 12.2. The molecule has 0 aliphatic carbocycles. The third-order valence-corrected chi connectivity index (χ3v) is 3.10. The van der Waals surface area contributed by atoms with Crippen molar-refractivity contribution in [2.45, 2.75) is 13.1 Å². The van der Waals surface area contributed by atoms with Gasteiger partial charge in [0.15, 0.2) is 0 Å². The molecule has 0 fully saturated rings. The van der Waals surface area contributed by atoms with Crippen LogP contribution in [0.2, 0.25) is 5.02 Å². The van der Waals surface area contributed by atoms with E-state index in [4.69, 9.17) is 11.6 Å². The quantitative estimate of drug-likeness (QED) is 0.782. The molecule has 0 saturated carbocycles. The van der Waals surface area contributed by atoms with E-state index >= 15 is 0 Å². The highest BCUT2D eigenvalue weighted by atomic mass is 35.5. The third-order valence-electron chi connectivity index (χ3n) is 2.79. The number of anilines is 2. The van der Waals surface area contributed by atoms with E-state index in [-0.39, 0.29) is 28.1 Å². The number of amides is 2. The molecule has 2 aromatic heterocycles. The molecule has 2 N–H and O–H groups in total. The molecule has 2 rings (SSSR count). The van der Waals surface area contributed by atoms with Crippen LogP contribution in [0, 0.1) is 11.8 Å². The summed E-state index contributed by atoms with van der Waals surface area (Å²) < 4.78 is 37.3. The normalized spacial score (nSPS) is 10.5. The van der Waals surface area contributed by atoms with Crippen LogP contribution in [0.25, 0.3) is 0 Å².